The third-order valence-corrected chi connectivity index (χ3v) is 4.06. The Bertz CT molecular complexity index is 702. The summed E-state index contributed by atoms with van der Waals surface area (Å²) < 4.78 is 0. The van der Waals surface area contributed by atoms with E-state index in [9.17, 15) is 0 Å². The molecule has 19 heavy (non-hydrogen) atoms. The number of aryl methyl sites for hydroxylation is 2. The van der Waals surface area contributed by atoms with Crippen LogP contribution in [0.2, 0.25) is 0 Å². The predicted octanol–water partition coefficient (Wildman–Crippen LogP) is 4.49. The second-order valence-electron chi connectivity index (χ2n) is 4.60. The summed E-state index contributed by atoms with van der Waals surface area (Å²) in [7, 11) is 0. The molecular formula is C16H14N2S. The highest BCUT2D eigenvalue weighted by molar-refractivity contribution is 7.17. The van der Waals surface area contributed by atoms with Crippen LogP contribution in [-0.4, -0.2) is 10.2 Å². The van der Waals surface area contributed by atoms with Crippen LogP contribution in [0.5, 0.6) is 0 Å². The average Bonchev–Trinajstić information content (AvgIpc) is 2.89. The highest BCUT2D eigenvalue weighted by Gasteiger charge is 2.10. The van der Waals surface area contributed by atoms with Gasteiger partial charge in [0.2, 0.25) is 0 Å². The topological polar surface area (TPSA) is 25.8 Å². The van der Waals surface area contributed by atoms with Crippen molar-refractivity contribution in [3.63, 3.8) is 0 Å². The van der Waals surface area contributed by atoms with E-state index in [1.165, 1.54) is 16.7 Å². The minimum absolute atomic E-state index is 0.968. The first-order valence-electron chi connectivity index (χ1n) is 6.20. The molecule has 3 rings (SSSR count). The third kappa shape index (κ3) is 2.42. The molecule has 94 valence electrons. The van der Waals surface area contributed by atoms with Crippen LogP contribution in [0.1, 0.15) is 11.1 Å². The molecule has 0 unspecified atom stereocenters. The van der Waals surface area contributed by atoms with Crippen LogP contribution in [0, 0.1) is 13.8 Å². The lowest BCUT2D eigenvalue weighted by Gasteiger charge is -2.02. The molecule has 0 radical (unpaired) electrons. The molecule has 0 saturated carbocycles. The minimum Gasteiger partial charge on any atom is -0.138 e. The molecule has 0 spiro atoms. The smallest absolute Gasteiger partial charge is 0.138 e. The van der Waals surface area contributed by atoms with E-state index in [-0.39, 0.29) is 0 Å². The Morgan fingerprint density at radius 2 is 1.58 bits per heavy atom. The van der Waals surface area contributed by atoms with Gasteiger partial charge in [0.1, 0.15) is 10.0 Å². The van der Waals surface area contributed by atoms with Gasteiger partial charge in [-0.05, 0) is 19.4 Å². The molecule has 3 heteroatoms. The first-order chi connectivity index (χ1) is 9.24. The largest absolute Gasteiger partial charge is 0.148 e. The molecule has 1 aromatic heterocycles. The molecular weight excluding hydrogens is 252 g/mol. The van der Waals surface area contributed by atoms with Crippen molar-refractivity contribution in [2.24, 2.45) is 0 Å². The SMILES string of the molecule is Cc1ccc(-c2nnc(-c3ccccc3)s2)c(C)c1. The summed E-state index contributed by atoms with van der Waals surface area (Å²) in [6.07, 6.45) is 0. The van der Waals surface area contributed by atoms with Gasteiger partial charge in [-0.3, -0.25) is 0 Å². The Labute approximate surface area is 116 Å². The summed E-state index contributed by atoms with van der Waals surface area (Å²) in [6.45, 7) is 4.22. The fourth-order valence-electron chi connectivity index (χ4n) is 2.08. The normalized spacial score (nSPS) is 10.6. The van der Waals surface area contributed by atoms with Crippen molar-refractivity contribution in [1.82, 2.24) is 10.2 Å². The number of aromatic nitrogens is 2. The molecule has 2 nitrogen and oxygen atoms in total. The van der Waals surface area contributed by atoms with Crippen LogP contribution < -0.4 is 0 Å². The summed E-state index contributed by atoms with van der Waals surface area (Å²) in [6, 6.07) is 16.6. The maximum absolute atomic E-state index is 4.32. The summed E-state index contributed by atoms with van der Waals surface area (Å²) in [5, 5.41) is 10.6. The van der Waals surface area contributed by atoms with E-state index < -0.39 is 0 Å². The Morgan fingerprint density at radius 1 is 0.842 bits per heavy atom. The van der Waals surface area contributed by atoms with Gasteiger partial charge in [0.25, 0.3) is 0 Å². The fourth-order valence-corrected chi connectivity index (χ4v) is 3.02. The molecule has 0 aliphatic carbocycles. The monoisotopic (exact) mass is 266 g/mol. The lowest BCUT2D eigenvalue weighted by Crippen LogP contribution is -1.83. The zero-order valence-electron chi connectivity index (χ0n) is 10.9. The molecule has 0 amide bonds. The zero-order chi connectivity index (χ0) is 13.2. The summed E-state index contributed by atoms with van der Waals surface area (Å²) in [5.74, 6) is 0. The lowest BCUT2D eigenvalue weighted by atomic mass is 10.1. The molecule has 0 fully saturated rings. The van der Waals surface area contributed by atoms with Crippen molar-refractivity contribution >= 4 is 11.3 Å². The second kappa shape index (κ2) is 4.94. The second-order valence-corrected chi connectivity index (χ2v) is 5.57. The standard InChI is InChI=1S/C16H14N2S/c1-11-8-9-14(12(2)10-11)16-18-17-15(19-16)13-6-4-3-5-7-13/h3-10H,1-2H3. The minimum atomic E-state index is 0.968. The molecule has 0 aliphatic rings. The molecule has 0 aliphatic heterocycles. The van der Waals surface area contributed by atoms with Gasteiger partial charge in [0.15, 0.2) is 0 Å². The quantitative estimate of drug-likeness (QED) is 0.683. The van der Waals surface area contributed by atoms with Crippen LogP contribution in [0.3, 0.4) is 0 Å². The van der Waals surface area contributed by atoms with Gasteiger partial charge in [-0.1, -0.05) is 65.4 Å². The number of rotatable bonds is 2. The predicted molar refractivity (Wildman–Crippen MR) is 80.3 cm³/mol. The highest BCUT2D eigenvalue weighted by atomic mass is 32.1. The van der Waals surface area contributed by atoms with Crippen LogP contribution in [0.4, 0.5) is 0 Å². The van der Waals surface area contributed by atoms with Crippen molar-refractivity contribution in [2.75, 3.05) is 0 Å². The van der Waals surface area contributed by atoms with Gasteiger partial charge in [-0.2, -0.15) is 0 Å². The molecule has 0 atom stereocenters. The first-order valence-corrected chi connectivity index (χ1v) is 7.02. The van der Waals surface area contributed by atoms with Gasteiger partial charge in [-0.15, -0.1) is 10.2 Å². The zero-order valence-corrected chi connectivity index (χ0v) is 11.7. The lowest BCUT2D eigenvalue weighted by molar-refractivity contribution is 1.10. The number of hydrogen-bond acceptors (Lipinski definition) is 3. The number of benzene rings is 2. The summed E-state index contributed by atoms with van der Waals surface area (Å²) in [4.78, 5) is 0. The Kier molecular flexibility index (Phi) is 3.13. The molecule has 0 N–H and O–H groups in total. The number of nitrogens with zero attached hydrogens (tertiary/aromatic N) is 2. The molecule has 3 aromatic rings. The number of hydrogen-bond donors (Lipinski definition) is 0. The van der Waals surface area contributed by atoms with Crippen LogP contribution in [-0.2, 0) is 0 Å². The van der Waals surface area contributed by atoms with E-state index in [1.807, 2.05) is 18.2 Å². The maximum atomic E-state index is 4.32. The van der Waals surface area contributed by atoms with E-state index in [1.54, 1.807) is 11.3 Å². The van der Waals surface area contributed by atoms with Crippen molar-refractivity contribution in [2.45, 2.75) is 13.8 Å². The van der Waals surface area contributed by atoms with Crippen LogP contribution >= 0.6 is 11.3 Å². The summed E-state index contributed by atoms with van der Waals surface area (Å²) in [5.41, 5.74) is 4.81. The Balaban J connectivity index is 2.02. The summed E-state index contributed by atoms with van der Waals surface area (Å²) >= 11 is 1.64. The Hall–Kier alpha value is -2.00. The third-order valence-electron chi connectivity index (χ3n) is 3.06. The molecule has 0 bridgehead atoms. The molecule has 1 heterocycles. The fraction of sp³-hybridized carbons (Fsp3) is 0.125. The van der Waals surface area contributed by atoms with Crippen LogP contribution in [0.25, 0.3) is 21.1 Å². The van der Waals surface area contributed by atoms with E-state index in [2.05, 4.69) is 54.4 Å². The van der Waals surface area contributed by atoms with E-state index in [4.69, 9.17) is 0 Å². The van der Waals surface area contributed by atoms with Gasteiger partial charge >= 0.3 is 0 Å². The van der Waals surface area contributed by atoms with Gasteiger partial charge in [-0.25, -0.2) is 0 Å². The maximum Gasteiger partial charge on any atom is 0.148 e. The highest BCUT2D eigenvalue weighted by Crippen LogP contribution is 2.31. The van der Waals surface area contributed by atoms with Crippen molar-refractivity contribution in [1.29, 1.82) is 0 Å². The van der Waals surface area contributed by atoms with E-state index >= 15 is 0 Å². The van der Waals surface area contributed by atoms with E-state index in [0.29, 0.717) is 0 Å². The first kappa shape index (κ1) is 12.1. The van der Waals surface area contributed by atoms with Gasteiger partial charge in [0, 0.05) is 11.1 Å². The average molecular weight is 266 g/mol. The van der Waals surface area contributed by atoms with Crippen LogP contribution in [0.15, 0.2) is 48.5 Å². The van der Waals surface area contributed by atoms with Crippen molar-refractivity contribution in [3.05, 3.63) is 59.7 Å². The van der Waals surface area contributed by atoms with Crippen molar-refractivity contribution < 1.29 is 0 Å². The molecule has 2 aromatic carbocycles. The van der Waals surface area contributed by atoms with E-state index in [0.717, 1.165) is 15.6 Å². The van der Waals surface area contributed by atoms with Crippen molar-refractivity contribution in [3.8, 4) is 21.1 Å². The Morgan fingerprint density at radius 3 is 2.32 bits per heavy atom. The van der Waals surface area contributed by atoms with Gasteiger partial charge < -0.3 is 0 Å². The molecule has 0 saturated heterocycles. The van der Waals surface area contributed by atoms with Gasteiger partial charge in [0.05, 0.1) is 0 Å².